The van der Waals surface area contributed by atoms with E-state index >= 15 is 0 Å². The Hall–Kier alpha value is -4.00. The number of hydrogen-bond donors (Lipinski definition) is 0. The summed E-state index contributed by atoms with van der Waals surface area (Å²) < 4.78 is 5.83. The van der Waals surface area contributed by atoms with Gasteiger partial charge in [-0.2, -0.15) is 0 Å². The number of rotatable bonds is 4. The highest BCUT2D eigenvalue weighted by Gasteiger charge is 2.10. The fourth-order valence-corrected chi connectivity index (χ4v) is 2.82. The predicted molar refractivity (Wildman–Crippen MR) is 104 cm³/mol. The highest BCUT2D eigenvalue weighted by molar-refractivity contribution is 5.87. The molecule has 0 radical (unpaired) electrons. The summed E-state index contributed by atoms with van der Waals surface area (Å²) in [5.74, 6) is 0.188. The van der Waals surface area contributed by atoms with Crippen LogP contribution in [0.5, 0.6) is 5.75 Å². The van der Waals surface area contributed by atoms with E-state index in [-0.39, 0.29) is 17.0 Å². The summed E-state index contributed by atoms with van der Waals surface area (Å²) in [4.78, 5) is 19.1. The molecule has 1 aromatic heterocycles. The summed E-state index contributed by atoms with van der Waals surface area (Å²) in [6, 6.07) is 16.6. The SMILES string of the molecule is Cc1ccccc1-c1nc2cc(N=Cc3cc([N+](=O)[O-])ccc3[O-])ccc2o1. The van der Waals surface area contributed by atoms with Gasteiger partial charge in [-0.15, -0.1) is 0 Å². The van der Waals surface area contributed by atoms with Crippen molar-refractivity contribution in [1.29, 1.82) is 0 Å². The molecule has 7 nitrogen and oxygen atoms in total. The Balaban J connectivity index is 1.67. The minimum absolute atomic E-state index is 0.148. The lowest BCUT2D eigenvalue weighted by Gasteiger charge is -2.08. The molecule has 0 unspecified atom stereocenters. The molecule has 138 valence electrons. The highest BCUT2D eigenvalue weighted by atomic mass is 16.6. The average molecular weight is 372 g/mol. The number of nitro groups is 1. The quantitative estimate of drug-likeness (QED) is 0.297. The lowest BCUT2D eigenvalue weighted by molar-refractivity contribution is -0.385. The second kappa shape index (κ2) is 6.96. The number of aliphatic imine (C=N–C) groups is 1. The van der Waals surface area contributed by atoms with Crippen molar-refractivity contribution in [3.63, 3.8) is 0 Å². The first-order valence-electron chi connectivity index (χ1n) is 8.47. The van der Waals surface area contributed by atoms with Crippen molar-refractivity contribution in [2.45, 2.75) is 6.92 Å². The van der Waals surface area contributed by atoms with Gasteiger partial charge in [-0.3, -0.25) is 15.1 Å². The van der Waals surface area contributed by atoms with Crippen molar-refractivity contribution in [2.75, 3.05) is 0 Å². The van der Waals surface area contributed by atoms with Gasteiger partial charge in [0.15, 0.2) is 5.58 Å². The van der Waals surface area contributed by atoms with Crippen LogP contribution in [0.1, 0.15) is 11.1 Å². The monoisotopic (exact) mass is 372 g/mol. The van der Waals surface area contributed by atoms with Crippen LogP contribution in [0.3, 0.4) is 0 Å². The Labute approximate surface area is 159 Å². The smallest absolute Gasteiger partial charge is 0.270 e. The van der Waals surface area contributed by atoms with Crippen LogP contribution in [0.15, 0.2) is 70.1 Å². The summed E-state index contributed by atoms with van der Waals surface area (Å²) in [7, 11) is 0. The molecule has 0 fully saturated rings. The van der Waals surface area contributed by atoms with Gasteiger partial charge >= 0.3 is 0 Å². The van der Waals surface area contributed by atoms with Gasteiger partial charge < -0.3 is 9.52 Å². The van der Waals surface area contributed by atoms with E-state index in [9.17, 15) is 15.2 Å². The number of aryl methyl sites for hydroxylation is 1. The number of nitro benzene ring substituents is 1. The minimum Gasteiger partial charge on any atom is -0.872 e. The van der Waals surface area contributed by atoms with Crippen LogP contribution in [0, 0.1) is 17.0 Å². The Morgan fingerprint density at radius 3 is 2.71 bits per heavy atom. The van der Waals surface area contributed by atoms with E-state index in [2.05, 4.69) is 9.98 Å². The van der Waals surface area contributed by atoms with Gasteiger partial charge in [0.05, 0.1) is 10.6 Å². The molecule has 0 saturated heterocycles. The van der Waals surface area contributed by atoms with E-state index in [1.165, 1.54) is 18.3 Å². The van der Waals surface area contributed by atoms with Gasteiger partial charge in [-0.25, -0.2) is 4.98 Å². The molecule has 0 aliphatic carbocycles. The predicted octanol–water partition coefficient (Wildman–Crippen LogP) is 4.54. The molecule has 0 spiro atoms. The third kappa shape index (κ3) is 3.33. The lowest BCUT2D eigenvalue weighted by Crippen LogP contribution is -1.98. The fraction of sp³-hybridized carbons (Fsp3) is 0.0476. The Bertz CT molecular complexity index is 1230. The summed E-state index contributed by atoms with van der Waals surface area (Å²) in [5.41, 5.74) is 3.78. The van der Waals surface area contributed by atoms with Crippen LogP contribution in [-0.4, -0.2) is 16.1 Å². The normalized spacial score (nSPS) is 11.3. The van der Waals surface area contributed by atoms with Crippen LogP contribution >= 0.6 is 0 Å². The molecular formula is C21H14N3O4-. The van der Waals surface area contributed by atoms with E-state index in [0.29, 0.717) is 22.7 Å². The van der Waals surface area contributed by atoms with Gasteiger partial charge in [-0.05, 0) is 42.3 Å². The molecule has 7 heteroatoms. The van der Waals surface area contributed by atoms with Crippen molar-refractivity contribution in [1.82, 2.24) is 4.98 Å². The number of aromatic nitrogens is 1. The largest absolute Gasteiger partial charge is 0.872 e. The molecule has 4 aromatic rings. The van der Waals surface area contributed by atoms with Crippen LogP contribution in [0.2, 0.25) is 0 Å². The average Bonchev–Trinajstić information content (AvgIpc) is 3.10. The van der Waals surface area contributed by atoms with Gasteiger partial charge in [0.25, 0.3) is 5.69 Å². The van der Waals surface area contributed by atoms with Crippen molar-refractivity contribution < 1.29 is 14.4 Å². The molecule has 4 rings (SSSR count). The number of hydrogen-bond acceptors (Lipinski definition) is 6. The molecule has 0 amide bonds. The van der Waals surface area contributed by atoms with Gasteiger partial charge in [-0.1, -0.05) is 30.0 Å². The minimum atomic E-state index is -0.550. The molecule has 0 saturated carbocycles. The van der Waals surface area contributed by atoms with E-state index in [4.69, 9.17) is 4.42 Å². The van der Waals surface area contributed by atoms with Crippen LogP contribution in [0.25, 0.3) is 22.6 Å². The van der Waals surface area contributed by atoms with Gasteiger partial charge in [0.2, 0.25) is 5.89 Å². The zero-order valence-electron chi connectivity index (χ0n) is 14.8. The molecule has 3 aromatic carbocycles. The van der Waals surface area contributed by atoms with Crippen molar-refractivity contribution in [3.8, 4) is 17.2 Å². The van der Waals surface area contributed by atoms with Gasteiger partial charge in [0.1, 0.15) is 5.52 Å². The number of nitrogens with zero attached hydrogens (tertiary/aromatic N) is 3. The maximum atomic E-state index is 11.9. The Morgan fingerprint density at radius 2 is 1.93 bits per heavy atom. The topological polar surface area (TPSA) is 105 Å². The number of benzene rings is 3. The van der Waals surface area contributed by atoms with Crippen LogP contribution in [-0.2, 0) is 0 Å². The molecule has 0 N–H and O–H groups in total. The highest BCUT2D eigenvalue weighted by Crippen LogP contribution is 2.29. The molecule has 1 heterocycles. The fourth-order valence-electron chi connectivity index (χ4n) is 2.82. The number of fused-ring (bicyclic) bond motifs is 1. The Kier molecular flexibility index (Phi) is 4.33. The zero-order chi connectivity index (χ0) is 19.7. The number of oxazole rings is 1. The Morgan fingerprint density at radius 1 is 1.11 bits per heavy atom. The summed E-state index contributed by atoms with van der Waals surface area (Å²) in [6.07, 6.45) is 1.32. The van der Waals surface area contributed by atoms with Crippen LogP contribution in [0.4, 0.5) is 11.4 Å². The second-order valence-electron chi connectivity index (χ2n) is 6.22. The van der Waals surface area contributed by atoms with Crippen LogP contribution < -0.4 is 5.11 Å². The number of non-ortho nitro benzene ring substituents is 1. The third-order valence-electron chi connectivity index (χ3n) is 4.30. The molecule has 0 bridgehead atoms. The second-order valence-corrected chi connectivity index (χ2v) is 6.22. The summed E-state index contributed by atoms with van der Waals surface area (Å²) in [6.45, 7) is 1.99. The van der Waals surface area contributed by atoms with Gasteiger partial charge in [0, 0.05) is 23.9 Å². The molecule has 28 heavy (non-hydrogen) atoms. The van der Waals surface area contributed by atoms with Crippen molar-refractivity contribution in [2.24, 2.45) is 4.99 Å². The first-order valence-corrected chi connectivity index (χ1v) is 8.47. The molecular weight excluding hydrogens is 358 g/mol. The summed E-state index contributed by atoms with van der Waals surface area (Å²) in [5, 5.41) is 22.7. The maximum Gasteiger partial charge on any atom is 0.270 e. The molecule has 0 aliphatic heterocycles. The van der Waals surface area contributed by atoms with E-state index in [1.807, 2.05) is 31.2 Å². The first kappa shape index (κ1) is 17.4. The summed E-state index contributed by atoms with van der Waals surface area (Å²) >= 11 is 0. The molecule has 0 aliphatic rings. The van der Waals surface area contributed by atoms with Crippen molar-refractivity contribution in [3.05, 3.63) is 81.9 Å². The standard InChI is InChI=1S/C21H15N3O4/c1-13-4-2-3-5-17(13)21-23-18-11-15(6-9-20(18)28-21)22-12-14-10-16(24(26)27)7-8-19(14)25/h2-12,25H,1H3/p-1. The van der Waals surface area contributed by atoms with E-state index < -0.39 is 4.92 Å². The third-order valence-corrected chi connectivity index (χ3v) is 4.30. The van der Waals surface area contributed by atoms with E-state index in [0.717, 1.165) is 17.2 Å². The zero-order valence-corrected chi connectivity index (χ0v) is 14.8. The maximum absolute atomic E-state index is 11.9. The van der Waals surface area contributed by atoms with Crippen molar-refractivity contribution >= 4 is 28.7 Å². The lowest BCUT2D eigenvalue weighted by atomic mass is 10.1. The van der Waals surface area contributed by atoms with E-state index in [1.54, 1.807) is 18.2 Å². The first-order chi connectivity index (χ1) is 13.5. The molecule has 0 atom stereocenters.